The molecule has 3 atom stereocenters. The van der Waals surface area contributed by atoms with Crippen molar-refractivity contribution in [2.24, 2.45) is 5.73 Å². The number of nitrogens with two attached hydrogens (primary N) is 1. The average molecular weight is 320 g/mol. The Hall–Kier alpha value is -1.72. The van der Waals surface area contributed by atoms with Gasteiger partial charge in [0.05, 0.1) is 6.10 Å². The first-order valence-electron chi connectivity index (χ1n) is 8.15. The quantitative estimate of drug-likeness (QED) is 0.414. The van der Waals surface area contributed by atoms with Crippen molar-refractivity contribution >= 4 is 11.8 Å². The molecule has 0 spiro atoms. The number of Topliss-reactive ketones (excluding diaryl/α,β-unsaturated/α-hetero) is 1. The lowest BCUT2D eigenvalue weighted by molar-refractivity contribution is -0.155. The first-order chi connectivity index (χ1) is 10.9. The third kappa shape index (κ3) is 4.39. The summed E-state index contributed by atoms with van der Waals surface area (Å²) in [5.74, 6) is -0.990. The molecule has 128 valence electrons. The van der Waals surface area contributed by atoms with Gasteiger partial charge in [0.2, 0.25) is 0 Å². The number of benzene rings is 1. The number of nitrogens with one attached hydrogen (secondary N) is 1. The van der Waals surface area contributed by atoms with Crippen molar-refractivity contribution in [3.63, 3.8) is 0 Å². The molecular weight excluding hydrogens is 292 g/mol. The van der Waals surface area contributed by atoms with Crippen LogP contribution in [0.25, 0.3) is 0 Å². The van der Waals surface area contributed by atoms with Crippen LogP contribution in [0.5, 0.6) is 0 Å². The Kier molecular flexibility index (Phi) is 7.39. The molecule has 0 bridgehead atoms. The number of esters is 1. The van der Waals surface area contributed by atoms with E-state index >= 15 is 0 Å². The molecule has 0 saturated heterocycles. The van der Waals surface area contributed by atoms with Gasteiger partial charge in [-0.2, -0.15) is 0 Å². The van der Waals surface area contributed by atoms with Crippen LogP contribution in [0.1, 0.15) is 50.4 Å². The lowest BCUT2D eigenvalue weighted by Crippen LogP contribution is -2.67. The van der Waals surface area contributed by atoms with Crippen LogP contribution >= 0.6 is 0 Å². The summed E-state index contributed by atoms with van der Waals surface area (Å²) < 4.78 is 5.51. The number of likely N-dealkylation sites (N-methyl/N-ethyl adjacent to an activating group) is 1. The molecule has 1 rings (SSSR count). The molecule has 0 saturated carbocycles. The van der Waals surface area contributed by atoms with Crippen LogP contribution in [0, 0.1) is 0 Å². The van der Waals surface area contributed by atoms with Gasteiger partial charge in [-0.25, -0.2) is 4.79 Å². The number of unbranched alkanes of at least 4 members (excludes halogenated alkanes) is 1. The van der Waals surface area contributed by atoms with E-state index in [-0.39, 0.29) is 11.9 Å². The second-order valence-corrected chi connectivity index (χ2v) is 5.90. The maximum Gasteiger partial charge on any atom is 0.336 e. The Morgan fingerprint density at radius 1 is 1.26 bits per heavy atom. The van der Waals surface area contributed by atoms with Gasteiger partial charge in [-0.1, -0.05) is 50.1 Å². The van der Waals surface area contributed by atoms with Gasteiger partial charge in [0.25, 0.3) is 0 Å². The summed E-state index contributed by atoms with van der Waals surface area (Å²) in [7, 11) is 1.56. The molecule has 0 amide bonds. The van der Waals surface area contributed by atoms with Crippen LogP contribution < -0.4 is 11.1 Å². The number of hydrogen-bond acceptors (Lipinski definition) is 5. The highest BCUT2D eigenvalue weighted by molar-refractivity contribution is 6.17. The minimum absolute atomic E-state index is 0.252. The lowest BCUT2D eigenvalue weighted by atomic mass is 9.83. The van der Waals surface area contributed by atoms with Gasteiger partial charge >= 0.3 is 5.97 Å². The first-order valence-corrected chi connectivity index (χ1v) is 8.15. The Morgan fingerprint density at radius 3 is 2.35 bits per heavy atom. The largest absolute Gasteiger partial charge is 0.461 e. The van der Waals surface area contributed by atoms with E-state index in [1.165, 1.54) is 0 Å². The lowest BCUT2D eigenvalue weighted by Gasteiger charge is -2.34. The summed E-state index contributed by atoms with van der Waals surface area (Å²) in [6.07, 6.45) is 2.50. The molecule has 1 aromatic rings. The van der Waals surface area contributed by atoms with Crippen LogP contribution in [0.4, 0.5) is 0 Å². The molecule has 0 fully saturated rings. The molecule has 5 heteroatoms. The third-order valence-corrected chi connectivity index (χ3v) is 4.07. The van der Waals surface area contributed by atoms with E-state index in [1.807, 2.05) is 13.0 Å². The zero-order chi connectivity index (χ0) is 17.5. The molecule has 3 N–H and O–H groups in total. The molecule has 23 heavy (non-hydrogen) atoms. The number of hydrogen-bond donors (Lipinski definition) is 2. The van der Waals surface area contributed by atoms with Crippen LogP contribution in [0.3, 0.4) is 0 Å². The fourth-order valence-electron chi connectivity index (χ4n) is 2.57. The topological polar surface area (TPSA) is 81.4 Å². The predicted octanol–water partition coefficient (Wildman–Crippen LogP) is 2.30. The Bertz CT molecular complexity index is 516. The summed E-state index contributed by atoms with van der Waals surface area (Å²) in [4.78, 5) is 25.7. The van der Waals surface area contributed by atoms with E-state index in [9.17, 15) is 9.59 Å². The number of rotatable bonds is 9. The first kappa shape index (κ1) is 19.3. The van der Waals surface area contributed by atoms with Crippen LogP contribution in [-0.2, 0) is 9.53 Å². The second kappa shape index (κ2) is 8.79. The van der Waals surface area contributed by atoms with E-state index in [0.717, 1.165) is 19.3 Å². The second-order valence-electron chi connectivity index (χ2n) is 5.90. The highest BCUT2D eigenvalue weighted by Crippen LogP contribution is 2.20. The van der Waals surface area contributed by atoms with Gasteiger partial charge in [-0.05, 0) is 27.3 Å². The predicted molar refractivity (Wildman–Crippen MR) is 91.3 cm³/mol. The highest BCUT2D eigenvalue weighted by atomic mass is 16.5. The summed E-state index contributed by atoms with van der Waals surface area (Å²) in [6, 6.07) is 7.93. The normalized spacial score (nSPS) is 16.2. The van der Waals surface area contributed by atoms with Crippen molar-refractivity contribution in [1.29, 1.82) is 0 Å². The molecule has 3 unspecified atom stereocenters. The van der Waals surface area contributed by atoms with Crippen LogP contribution in [-0.4, -0.2) is 36.5 Å². The Morgan fingerprint density at radius 2 is 1.87 bits per heavy atom. The van der Waals surface area contributed by atoms with E-state index in [1.54, 1.807) is 38.2 Å². The fourth-order valence-corrected chi connectivity index (χ4v) is 2.57. The van der Waals surface area contributed by atoms with Crippen molar-refractivity contribution in [3.8, 4) is 0 Å². The molecule has 0 heterocycles. The smallest absolute Gasteiger partial charge is 0.336 e. The van der Waals surface area contributed by atoms with Gasteiger partial charge in [-0.15, -0.1) is 0 Å². The minimum Gasteiger partial charge on any atom is -0.461 e. The molecule has 0 aliphatic carbocycles. The van der Waals surface area contributed by atoms with Crippen molar-refractivity contribution in [2.45, 2.75) is 57.7 Å². The third-order valence-electron chi connectivity index (χ3n) is 4.07. The maximum atomic E-state index is 12.9. The van der Waals surface area contributed by atoms with Gasteiger partial charge in [-0.3, -0.25) is 10.1 Å². The monoisotopic (exact) mass is 320 g/mol. The molecule has 1 aromatic carbocycles. The van der Waals surface area contributed by atoms with Crippen LogP contribution in [0.2, 0.25) is 0 Å². The summed E-state index contributed by atoms with van der Waals surface area (Å²) >= 11 is 0. The van der Waals surface area contributed by atoms with Gasteiger partial charge in [0.15, 0.2) is 11.3 Å². The SMILES string of the molecule is CCCCC(C)OC(=O)C(NC)(C(=O)c1ccccc1)C(C)N. The van der Waals surface area contributed by atoms with Gasteiger partial charge in [0, 0.05) is 11.6 Å². The number of carbonyl (C=O) groups is 2. The molecule has 0 aromatic heterocycles. The highest BCUT2D eigenvalue weighted by Gasteiger charge is 2.50. The van der Waals surface area contributed by atoms with Crippen molar-refractivity contribution in [1.82, 2.24) is 5.32 Å². The van der Waals surface area contributed by atoms with Crippen molar-refractivity contribution in [2.75, 3.05) is 7.05 Å². The van der Waals surface area contributed by atoms with Crippen molar-refractivity contribution in [3.05, 3.63) is 35.9 Å². The summed E-state index contributed by atoms with van der Waals surface area (Å²) in [5.41, 5.74) is 4.86. The van der Waals surface area contributed by atoms with Crippen LogP contribution in [0.15, 0.2) is 30.3 Å². The van der Waals surface area contributed by atoms with Gasteiger partial charge < -0.3 is 10.5 Å². The van der Waals surface area contributed by atoms with Gasteiger partial charge in [0.1, 0.15) is 0 Å². The Balaban J connectivity index is 3.07. The maximum absolute atomic E-state index is 12.9. The molecule has 5 nitrogen and oxygen atoms in total. The van der Waals surface area contributed by atoms with E-state index in [4.69, 9.17) is 10.5 Å². The van der Waals surface area contributed by atoms with E-state index in [0.29, 0.717) is 5.56 Å². The number of carbonyl (C=O) groups excluding carboxylic acids is 2. The summed E-state index contributed by atoms with van der Waals surface area (Å²) in [5, 5.41) is 2.83. The summed E-state index contributed by atoms with van der Waals surface area (Å²) in [6.45, 7) is 5.55. The standard InChI is InChI=1S/C18H28N2O3/c1-5-6-10-13(2)23-17(22)18(20-4,14(3)19)16(21)15-11-8-7-9-12-15/h7-9,11-14,20H,5-6,10,19H2,1-4H3. The molecule has 0 aliphatic heterocycles. The van der Waals surface area contributed by atoms with E-state index in [2.05, 4.69) is 12.2 Å². The molecule has 0 radical (unpaired) electrons. The average Bonchev–Trinajstić information content (AvgIpc) is 2.54. The zero-order valence-corrected chi connectivity index (χ0v) is 14.5. The zero-order valence-electron chi connectivity index (χ0n) is 14.5. The fraction of sp³-hybridized carbons (Fsp3) is 0.556. The molecule has 0 aliphatic rings. The van der Waals surface area contributed by atoms with Crippen molar-refractivity contribution < 1.29 is 14.3 Å². The van der Waals surface area contributed by atoms with E-state index < -0.39 is 17.6 Å². The minimum atomic E-state index is -1.58. The molecular formula is C18H28N2O3. The number of ketones is 1. The number of ether oxygens (including phenoxy) is 1. The Labute approximate surface area is 138 Å².